The van der Waals surface area contributed by atoms with Gasteiger partial charge in [-0.25, -0.2) is 8.78 Å². The Morgan fingerprint density at radius 2 is 1.95 bits per heavy atom. The van der Waals surface area contributed by atoms with E-state index in [0.717, 1.165) is 16.5 Å². The third-order valence-electron chi connectivity index (χ3n) is 7.66. The fourth-order valence-electron chi connectivity index (χ4n) is 5.51. The molecule has 11 heteroatoms. The summed E-state index contributed by atoms with van der Waals surface area (Å²) in [7, 11) is 0. The third-order valence-corrected chi connectivity index (χ3v) is 7.66. The molecule has 0 atom stereocenters. The van der Waals surface area contributed by atoms with Crippen LogP contribution in [0.5, 0.6) is 5.75 Å². The fourth-order valence-corrected chi connectivity index (χ4v) is 5.51. The molecule has 3 aromatic heterocycles. The molecular weight excluding hydrogens is 566 g/mol. The van der Waals surface area contributed by atoms with Crippen LogP contribution in [-0.4, -0.2) is 62.7 Å². The van der Waals surface area contributed by atoms with Crippen molar-refractivity contribution in [2.24, 2.45) is 5.41 Å². The minimum absolute atomic E-state index is 0.102. The summed E-state index contributed by atoms with van der Waals surface area (Å²) in [6.07, 6.45) is 4.54. The largest absolute Gasteiger partial charge is 0.493 e. The van der Waals surface area contributed by atoms with E-state index in [2.05, 4.69) is 20.4 Å². The summed E-state index contributed by atoms with van der Waals surface area (Å²) in [6.45, 7) is 5.61. The molecule has 1 aliphatic rings. The maximum atomic E-state index is 13.6. The quantitative estimate of drug-likeness (QED) is 0.189. The Labute approximate surface area is 252 Å². The molecule has 0 radical (unpaired) electrons. The van der Waals surface area contributed by atoms with E-state index in [0.29, 0.717) is 54.5 Å². The number of nitrogens with one attached hydrogen (secondary N) is 3. The van der Waals surface area contributed by atoms with Crippen LogP contribution in [0.2, 0.25) is 0 Å². The highest BCUT2D eigenvalue weighted by Gasteiger charge is 2.39. The number of anilines is 1. The van der Waals surface area contributed by atoms with E-state index in [1.807, 2.05) is 68.4 Å². The first-order valence-electron chi connectivity index (χ1n) is 14.5. The van der Waals surface area contributed by atoms with Gasteiger partial charge in [0.05, 0.1) is 48.4 Å². The van der Waals surface area contributed by atoms with Crippen LogP contribution >= 0.6 is 0 Å². The van der Waals surface area contributed by atoms with Crippen LogP contribution in [0, 0.1) is 5.41 Å². The van der Waals surface area contributed by atoms with Crippen LogP contribution in [0.1, 0.15) is 36.2 Å². The molecule has 9 nitrogen and oxygen atoms in total. The molecule has 3 N–H and O–H groups in total. The number of rotatable bonds is 10. The summed E-state index contributed by atoms with van der Waals surface area (Å²) in [5.74, 6) is -2.32. The lowest BCUT2D eigenvalue weighted by Gasteiger charge is -2.30. The summed E-state index contributed by atoms with van der Waals surface area (Å²) in [5.41, 5.74) is 3.03. The lowest BCUT2D eigenvalue weighted by molar-refractivity contribution is 0.00699. The van der Waals surface area contributed by atoms with Crippen molar-refractivity contribution >= 4 is 22.5 Å². The standard InChI is InChI=1S/C33H34F2N6O3/c1-32(2,19-40-11-10-33(34,35)20-40)21-44-26-8-9-28-23(12-26)13-29(39-28)27-14-25(16-36-31(27)43)38-30(42)24-15-37-41(18-24)17-22-6-4-3-5-7-22/h3-9,12-16,18,39H,10-11,17,19-21H2,1-2H3,(H,36,43)(H,38,42). The van der Waals surface area contributed by atoms with Crippen molar-refractivity contribution < 1.29 is 18.3 Å². The summed E-state index contributed by atoms with van der Waals surface area (Å²) < 4.78 is 35.0. The van der Waals surface area contributed by atoms with E-state index < -0.39 is 5.92 Å². The van der Waals surface area contributed by atoms with Gasteiger partial charge in [0, 0.05) is 48.2 Å². The monoisotopic (exact) mass is 600 g/mol. The van der Waals surface area contributed by atoms with E-state index in [4.69, 9.17) is 4.74 Å². The second-order valence-electron chi connectivity index (χ2n) is 12.2. The number of pyridine rings is 1. The highest BCUT2D eigenvalue weighted by molar-refractivity contribution is 6.04. The van der Waals surface area contributed by atoms with E-state index in [-0.39, 0.29) is 29.8 Å². The molecule has 0 unspecified atom stereocenters. The smallest absolute Gasteiger partial charge is 0.261 e. The first-order chi connectivity index (χ1) is 21.0. The van der Waals surface area contributed by atoms with Crippen molar-refractivity contribution in [2.45, 2.75) is 32.7 Å². The molecule has 5 aromatic rings. The Balaban J connectivity index is 1.12. The van der Waals surface area contributed by atoms with Crippen LogP contribution in [-0.2, 0) is 6.54 Å². The number of aromatic nitrogens is 4. The van der Waals surface area contributed by atoms with Gasteiger partial charge in [0.1, 0.15) is 5.75 Å². The SMILES string of the molecule is CC(C)(COc1ccc2[nH]c(-c3cc(NC(=O)c4cnn(Cc5ccccc5)c4)c[nH]c3=O)cc2c1)CN1CCC(F)(F)C1. The number of nitrogens with zero attached hydrogens (tertiary/aromatic N) is 3. The first kappa shape index (κ1) is 29.3. The highest BCUT2D eigenvalue weighted by atomic mass is 19.3. The molecule has 0 saturated carbocycles. The number of halogens is 2. The van der Waals surface area contributed by atoms with Crippen molar-refractivity contribution in [3.8, 4) is 17.0 Å². The van der Waals surface area contributed by atoms with Gasteiger partial charge in [0.25, 0.3) is 17.4 Å². The van der Waals surface area contributed by atoms with Crippen LogP contribution in [0.4, 0.5) is 14.5 Å². The number of hydrogen-bond donors (Lipinski definition) is 3. The van der Waals surface area contributed by atoms with Gasteiger partial charge < -0.3 is 20.0 Å². The van der Waals surface area contributed by atoms with Crippen LogP contribution < -0.4 is 15.6 Å². The zero-order valence-corrected chi connectivity index (χ0v) is 24.6. The first-order valence-corrected chi connectivity index (χ1v) is 14.5. The van der Waals surface area contributed by atoms with Crippen molar-refractivity contribution in [1.29, 1.82) is 0 Å². The van der Waals surface area contributed by atoms with E-state index in [1.165, 1.54) is 12.4 Å². The average molecular weight is 601 g/mol. The Hall–Kier alpha value is -4.77. The Morgan fingerprint density at radius 3 is 2.73 bits per heavy atom. The van der Waals surface area contributed by atoms with E-state index in [9.17, 15) is 18.4 Å². The second kappa shape index (κ2) is 11.7. The molecule has 0 aliphatic carbocycles. The number of benzene rings is 2. The van der Waals surface area contributed by atoms with Gasteiger partial charge in [-0.2, -0.15) is 5.10 Å². The number of aromatic amines is 2. The van der Waals surface area contributed by atoms with Gasteiger partial charge in [-0.05, 0) is 35.9 Å². The molecule has 44 heavy (non-hydrogen) atoms. The number of fused-ring (bicyclic) bond motifs is 1. The van der Waals surface area contributed by atoms with Crippen LogP contribution in [0.15, 0.2) is 84.0 Å². The number of likely N-dealkylation sites (tertiary alicyclic amines) is 1. The fraction of sp³-hybridized carbons (Fsp3) is 0.303. The molecule has 2 aromatic carbocycles. The van der Waals surface area contributed by atoms with E-state index in [1.54, 1.807) is 21.8 Å². The highest BCUT2D eigenvalue weighted by Crippen LogP contribution is 2.31. The van der Waals surface area contributed by atoms with Gasteiger partial charge in [-0.15, -0.1) is 0 Å². The number of carbonyl (C=O) groups is 1. The minimum Gasteiger partial charge on any atom is -0.493 e. The van der Waals surface area contributed by atoms with Crippen LogP contribution in [0.3, 0.4) is 0 Å². The molecule has 1 aliphatic heterocycles. The molecular formula is C33H34F2N6O3. The molecule has 6 rings (SSSR count). The van der Waals surface area contributed by atoms with Crippen molar-refractivity contribution in [3.63, 3.8) is 0 Å². The van der Waals surface area contributed by atoms with Gasteiger partial charge in [0.2, 0.25) is 0 Å². The normalized spacial score (nSPS) is 15.1. The minimum atomic E-state index is -2.62. The predicted molar refractivity (Wildman–Crippen MR) is 165 cm³/mol. The Morgan fingerprint density at radius 1 is 1.14 bits per heavy atom. The predicted octanol–water partition coefficient (Wildman–Crippen LogP) is 5.77. The lowest BCUT2D eigenvalue weighted by atomic mass is 9.94. The van der Waals surface area contributed by atoms with Crippen molar-refractivity contribution in [2.75, 3.05) is 31.6 Å². The molecule has 0 bridgehead atoms. The van der Waals surface area contributed by atoms with Crippen molar-refractivity contribution in [3.05, 3.63) is 101 Å². The second-order valence-corrected chi connectivity index (χ2v) is 12.2. The Bertz CT molecular complexity index is 1840. The number of ether oxygens (including phenoxy) is 1. The van der Waals surface area contributed by atoms with Crippen molar-refractivity contribution in [1.82, 2.24) is 24.6 Å². The molecule has 4 heterocycles. The number of carbonyl (C=O) groups excluding carboxylic acids is 1. The zero-order chi connectivity index (χ0) is 30.9. The number of amides is 1. The Kier molecular flexibility index (Phi) is 7.81. The summed E-state index contributed by atoms with van der Waals surface area (Å²) in [6, 6.07) is 18.9. The molecule has 228 valence electrons. The van der Waals surface area contributed by atoms with Gasteiger partial charge in [-0.3, -0.25) is 19.2 Å². The average Bonchev–Trinajstić information content (AvgIpc) is 3.71. The van der Waals surface area contributed by atoms with E-state index >= 15 is 0 Å². The maximum Gasteiger partial charge on any atom is 0.261 e. The summed E-state index contributed by atoms with van der Waals surface area (Å²) >= 11 is 0. The number of H-pyrrole nitrogens is 2. The summed E-state index contributed by atoms with van der Waals surface area (Å²) in [5, 5.41) is 7.97. The third kappa shape index (κ3) is 6.89. The summed E-state index contributed by atoms with van der Waals surface area (Å²) in [4.78, 5) is 33.5. The van der Waals surface area contributed by atoms with Gasteiger partial charge in [-0.1, -0.05) is 44.2 Å². The van der Waals surface area contributed by atoms with Crippen LogP contribution in [0.25, 0.3) is 22.2 Å². The molecule has 1 amide bonds. The van der Waals surface area contributed by atoms with Gasteiger partial charge in [0.15, 0.2) is 0 Å². The lowest BCUT2D eigenvalue weighted by Crippen LogP contribution is -2.37. The maximum absolute atomic E-state index is 13.6. The molecule has 1 saturated heterocycles. The topological polar surface area (TPSA) is 108 Å². The number of alkyl halides is 2. The number of hydrogen-bond acceptors (Lipinski definition) is 5. The molecule has 1 fully saturated rings. The molecule has 0 spiro atoms. The van der Waals surface area contributed by atoms with Gasteiger partial charge >= 0.3 is 0 Å². The zero-order valence-electron chi connectivity index (χ0n) is 24.6.